The number of hydrogen-bond donors (Lipinski definition) is 0. The molecule has 0 aromatic carbocycles. The summed E-state index contributed by atoms with van der Waals surface area (Å²) in [6.07, 6.45) is 0. The van der Waals surface area contributed by atoms with Crippen LogP contribution in [0.15, 0.2) is 11.5 Å². The molecule has 0 N–H and O–H groups in total. The standard InChI is InChI=1S/C8H13NO2/c1-4-10-7(3)8(6-9)11-5-2/h4-5H2,1-3H3/b8-7+. The first-order chi connectivity index (χ1) is 5.26. The van der Waals surface area contributed by atoms with Gasteiger partial charge in [0.2, 0.25) is 5.76 Å². The zero-order chi connectivity index (χ0) is 8.69. The molecule has 0 radical (unpaired) electrons. The molecule has 0 aliphatic rings. The Hall–Kier alpha value is -1.17. The van der Waals surface area contributed by atoms with Crippen LogP contribution in [-0.4, -0.2) is 13.2 Å². The maximum atomic E-state index is 8.54. The lowest BCUT2D eigenvalue weighted by Gasteiger charge is -2.05. The second-order valence-corrected chi connectivity index (χ2v) is 1.86. The van der Waals surface area contributed by atoms with Crippen molar-refractivity contribution in [3.63, 3.8) is 0 Å². The number of hydrogen-bond acceptors (Lipinski definition) is 3. The average molecular weight is 155 g/mol. The molecule has 0 heterocycles. The third-order valence-electron chi connectivity index (χ3n) is 1.07. The highest BCUT2D eigenvalue weighted by Gasteiger charge is 2.01. The molecule has 0 aromatic rings. The molecule has 0 fully saturated rings. The van der Waals surface area contributed by atoms with E-state index in [1.165, 1.54) is 0 Å². The number of allylic oxidation sites excluding steroid dienone is 2. The topological polar surface area (TPSA) is 42.2 Å². The Morgan fingerprint density at radius 2 is 1.82 bits per heavy atom. The predicted molar refractivity (Wildman–Crippen MR) is 41.6 cm³/mol. The molecule has 0 unspecified atom stereocenters. The van der Waals surface area contributed by atoms with Crippen LogP contribution in [0.1, 0.15) is 20.8 Å². The summed E-state index contributed by atoms with van der Waals surface area (Å²) >= 11 is 0. The van der Waals surface area contributed by atoms with Gasteiger partial charge in [-0.15, -0.1) is 0 Å². The third-order valence-corrected chi connectivity index (χ3v) is 1.07. The van der Waals surface area contributed by atoms with E-state index in [0.29, 0.717) is 19.0 Å². The molecule has 0 amide bonds. The molecule has 3 heteroatoms. The van der Waals surface area contributed by atoms with Crippen LogP contribution in [0.2, 0.25) is 0 Å². The number of nitriles is 1. The molecule has 11 heavy (non-hydrogen) atoms. The monoisotopic (exact) mass is 155 g/mol. The fourth-order valence-electron chi connectivity index (χ4n) is 0.639. The third kappa shape index (κ3) is 3.51. The van der Waals surface area contributed by atoms with Crippen molar-refractivity contribution in [2.45, 2.75) is 20.8 Å². The van der Waals surface area contributed by atoms with Gasteiger partial charge in [-0.05, 0) is 20.8 Å². The Morgan fingerprint density at radius 1 is 1.27 bits per heavy atom. The van der Waals surface area contributed by atoms with Crippen molar-refractivity contribution >= 4 is 0 Å². The van der Waals surface area contributed by atoms with Crippen molar-refractivity contribution in [3.05, 3.63) is 11.5 Å². The summed E-state index contributed by atoms with van der Waals surface area (Å²) < 4.78 is 10.1. The largest absolute Gasteiger partial charge is 0.494 e. The summed E-state index contributed by atoms with van der Waals surface area (Å²) in [5.74, 6) is 0.825. The Morgan fingerprint density at radius 3 is 2.18 bits per heavy atom. The molecule has 0 aliphatic heterocycles. The van der Waals surface area contributed by atoms with Gasteiger partial charge in [-0.25, -0.2) is 0 Å². The van der Waals surface area contributed by atoms with Crippen LogP contribution >= 0.6 is 0 Å². The van der Waals surface area contributed by atoms with Crippen molar-refractivity contribution < 1.29 is 9.47 Å². The lowest BCUT2D eigenvalue weighted by molar-refractivity contribution is 0.178. The molecule has 0 bridgehead atoms. The van der Waals surface area contributed by atoms with Gasteiger partial charge in [0.25, 0.3) is 0 Å². The fourth-order valence-corrected chi connectivity index (χ4v) is 0.639. The van der Waals surface area contributed by atoms with Crippen molar-refractivity contribution in [2.75, 3.05) is 13.2 Å². The van der Waals surface area contributed by atoms with Gasteiger partial charge in [-0.3, -0.25) is 0 Å². The van der Waals surface area contributed by atoms with Gasteiger partial charge in [-0.1, -0.05) is 0 Å². The highest BCUT2D eigenvalue weighted by molar-refractivity contribution is 5.16. The lowest BCUT2D eigenvalue weighted by atomic mass is 10.4. The first-order valence-electron chi connectivity index (χ1n) is 3.62. The van der Waals surface area contributed by atoms with Gasteiger partial charge in [-0.2, -0.15) is 5.26 Å². The first kappa shape index (κ1) is 9.83. The van der Waals surface area contributed by atoms with Crippen LogP contribution in [0.5, 0.6) is 0 Å². The molecule has 0 aromatic heterocycles. The predicted octanol–water partition coefficient (Wildman–Crippen LogP) is 1.81. The maximum Gasteiger partial charge on any atom is 0.235 e. The second kappa shape index (κ2) is 5.60. The Kier molecular flexibility index (Phi) is 5.01. The summed E-state index contributed by atoms with van der Waals surface area (Å²) in [6.45, 7) is 6.47. The minimum atomic E-state index is 0.273. The van der Waals surface area contributed by atoms with Crippen molar-refractivity contribution in [2.24, 2.45) is 0 Å². The van der Waals surface area contributed by atoms with Crippen molar-refractivity contribution in [1.29, 1.82) is 5.26 Å². The highest BCUT2D eigenvalue weighted by atomic mass is 16.5. The molecule has 0 rings (SSSR count). The van der Waals surface area contributed by atoms with Gasteiger partial charge < -0.3 is 9.47 Å². The lowest BCUT2D eigenvalue weighted by Crippen LogP contribution is -1.96. The Bertz CT molecular complexity index is 179. The highest BCUT2D eigenvalue weighted by Crippen LogP contribution is 2.05. The smallest absolute Gasteiger partial charge is 0.235 e. The molecule has 3 nitrogen and oxygen atoms in total. The van der Waals surface area contributed by atoms with E-state index in [1.807, 2.05) is 19.9 Å². The van der Waals surface area contributed by atoms with Crippen molar-refractivity contribution in [3.8, 4) is 6.07 Å². The summed E-state index contributed by atoms with van der Waals surface area (Å²) in [5, 5.41) is 8.54. The SMILES string of the molecule is CCO/C(C)=C(\C#N)OCC. The van der Waals surface area contributed by atoms with Crippen LogP contribution in [0.3, 0.4) is 0 Å². The zero-order valence-electron chi connectivity index (χ0n) is 7.18. The average Bonchev–Trinajstić information content (AvgIpc) is 2.00. The quantitative estimate of drug-likeness (QED) is 0.459. The summed E-state index contributed by atoms with van der Waals surface area (Å²) in [4.78, 5) is 0. The fraction of sp³-hybridized carbons (Fsp3) is 0.625. The van der Waals surface area contributed by atoms with Gasteiger partial charge in [0.05, 0.1) is 13.2 Å². The number of nitrogens with zero attached hydrogens (tertiary/aromatic N) is 1. The van der Waals surface area contributed by atoms with E-state index in [2.05, 4.69) is 0 Å². The Labute approximate surface area is 67.2 Å². The van der Waals surface area contributed by atoms with E-state index in [4.69, 9.17) is 14.7 Å². The van der Waals surface area contributed by atoms with Gasteiger partial charge in [0.1, 0.15) is 11.8 Å². The van der Waals surface area contributed by atoms with Crippen LogP contribution in [-0.2, 0) is 9.47 Å². The number of rotatable bonds is 4. The molecular weight excluding hydrogens is 142 g/mol. The molecule has 0 saturated heterocycles. The molecule has 0 spiro atoms. The van der Waals surface area contributed by atoms with E-state index in [0.717, 1.165) is 0 Å². The van der Waals surface area contributed by atoms with Crippen LogP contribution in [0, 0.1) is 11.3 Å². The van der Waals surface area contributed by atoms with E-state index in [1.54, 1.807) is 6.92 Å². The number of ether oxygens (including phenoxy) is 2. The van der Waals surface area contributed by atoms with Crippen molar-refractivity contribution in [1.82, 2.24) is 0 Å². The molecular formula is C8H13NO2. The molecule has 0 saturated carbocycles. The van der Waals surface area contributed by atoms with E-state index >= 15 is 0 Å². The minimum Gasteiger partial charge on any atom is -0.494 e. The van der Waals surface area contributed by atoms with E-state index < -0.39 is 0 Å². The summed E-state index contributed by atoms with van der Waals surface area (Å²) in [5.41, 5.74) is 0. The van der Waals surface area contributed by atoms with Gasteiger partial charge in [0, 0.05) is 0 Å². The normalized spacial score (nSPS) is 11.5. The zero-order valence-corrected chi connectivity index (χ0v) is 7.18. The maximum absolute atomic E-state index is 8.54. The molecule has 62 valence electrons. The molecule has 0 atom stereocenters. The summed E-state index contributed by atoms with van der Waals surface area (Å²) in [7, 11) is 0. The molecule has 0 aliphatic carbocycles. The van der Waals surface area contributed by atoms with E-state index in [9.17, 15) is 0 Å². The van der Waals surface area contributed by atoms with Crippen LogP contribution < -0.4 is 0 Å². The van der Waals surface area contributed by atoms with E-state index in [-0.39, 0.29) is 5.76 Å². The Balaban J connectivity index is 4.18. The minimum absolute atomic E-state index is 0.273. The van der Waals surface area contributed by atoms with Crippen LogP contribution in [0.4, 0.5) is 0 Å². The van der Waals surface area contributed by atoms with Gasteiger partial charge >= 0.3 is 0 Å². The summed E-state index contributed by atoms with van der Waals surface area (Å²) in [6, 6.07) is 1.92. The first-order valence-corrected chi connectivity index (χ1v) is 3.62. The second-order valence-electron chi connectivity index (χ2n) is 1.86. The van der Waals surface area contributed by atoms with Gasteiger partial charge in [0.15, 0.2) is 0 Å². The van der Waals surface area contributed by atoms with Crippen LogP contribution in [0.25, 0.3) is 0 Å².